The zero-order valence-corrected chi connectivity index (χ0v) is 9.65. The maximum Gasteiger partial charge on any atom is 0.251 e. The van der Waals surface area contributed by atoms with Crippen LogP contribution in [0.5, 0.6) is 0 Å². The number of rotatable bonds is 3. The molecule has 1 aliphatic rings. The minimum Gasteiger partial charge on any atom is -0.397 e. The largest absolute Gasteiger partial charge is 0.397 e. The molecule has 1 aromatic rings. The summed E-state index contributed by atoms with van der Waals surface area (Å²) < 4.78 is 24.5. The van der Waals surface area contributed by atoms with Gasteiger partial charge in [0.2, 0.25) is 0 Å². The van der Waals surface area contributed by atoms with E-state index in [1.807, 2.05) is 24.3 Å². The average molecular weight is 241 g/mol. The number of hydrogen-bond acceptors (Lipinski definition) is 3. The third kappa shape index (κ3) is 3.06. The molecule has 1 aromatic carbocycles. The Morgan fingerprint density at radius 1 is 1.12 bits per heavy atom. The summed E-state index contributed by atoms with van der Waals surface area (Å²) in [6.07, 6.45) is -2.25. The summed E-state index contributed by atoms with van der Waals surface area (Å²) in [5, 5.41) is 0. The second-order valence-corrected chi connectivity index (χ2v) is 4.24. The van der Waals surface area contributed by atoms with Crippen LogP contribution in [0.1, 0.15) is 0 Å². The van der Waals surface area contributed by atoms with Crippen LogP contribution in [0.25, 0.3) is 0 Å². The van der Waals surface area contributed by atoms with Crippen LogP contribution >= 0.6 is 0 Å². The Balaban J connectivity index is 1.93. The summed E-state index contributed by atoms with van der Waals surface area (Å²) in [7, 11) is 0. The maximum absolute atomic E-state index is 12.2. The lowest BCUT2D eigenvalue weighted by atomic mass is 10.2. The van der Waals surface area contributed by atoms with Crippen LogP contribution < -0.4 is 10.6 Å². The number of alkyl halides is 2. The molecule has 0 radical (unpaired) electrons. The van der Waals surface area contributed by atoms with E-state index < -0.39 is 6.43 Å². The van der Waals surface area contributed by atoms with Gasteiger partial charge in [0.05, 0.1) is 17.9 Å². The van der Waals surface area contributed by atoms with Crippen molar-refractivity contribution >= 4 is 11.4 Å². The minimum atomic E-state index is -2.25. The van der Waals surface area contributed by atoms with Gasteiger partial charge in [0, 0.05) is 26.2 Å². The standard InChI is InChI=1S/C12H17F2N3/c13-12(14)9-16-5-7-17(8-6-16)11-4-2-1-3-10(11)15/h1-4,12H,5-9,15H2. The Kier molecular flexibility index (Phi) is 3.78. The highest BCUT2D eigenvalue weighted by molar-refractivity contribution is 5.67. The maximum atomic E-state index is 12.2. The first-order chi connectivity index (χ1) is 8.16. The first kappa shape index (κ1) is 12.1. The van der Waals surface area contributed by atoms with E-state index in [0.717, 1.165) is 24.5 Å². The zero-order chi connectivity index (χ0) is 12.3. The Morgan fingerprint density at radius 2 is 1.76 bits per heavy atom. The highest BCUT2D eigenvalue weighted by Gasteiger charge is 2.20. The van der Waals surface area contributed by atoms with Crippen molar-refractivity contribution in [1.29, 1.82) is 0 Å². The summed E-state index contributed by atoms with van der Waals surface area (Å²) in [6.45, 7) is 2.71. The van der Waals surface area contributed by atoms with Crippen molar-refractivity contribution in [3.05, 3.63) is 24.3 Å². The number of nitrogens with two attached hydrogens (primary N) is 1. The van der Waals surface area contributed by atoms with Gasteiger partial charge in [0.25, 0.3) is 6.43 Å². The molecular weight excluding hydrogens is 224 g/mol. The van der Waals surface area contributed by atoms with Crippen LogP contribution in [0.15, 0.2) is 24.3 Å². The van der Waals surface area contributed by atoms with Gasteiger partial charge in [-0.3, -0.25) is 4.90 Å². The molecular formula is C12H17F2N3. The van der Waals surface area contributed by atoms with Crippen LogP contribution in [0.3, 0.4) is 0 Å². The molecule has 0 atom stereocenters. The number of anilines is 2. The molecule has 0 saturated carbocycles. The third-order valence-corrected chi connectivity index (χ3v) is 3.05. The Morgan fingerprint density at radius 3 is 2.35 bits per heavy atom. The summed E-state index contributed by atoms with van der Waals surface area (Å²) in [5.41, 5.74) is 7.64. The van der Waals surface area contributed by atoms with Crippen LogP contribution in [0.4, 0.5) is 20.2 Å². The molecule has 17 heavy (non-hydrogen) atoms. The lowest BCUT2D eigenvalue weighted by Gasteiger charge is -2.36. The first-order valence-corrected chi connectivity index (χ1v) is 5.77. The van der Waals surface area contributed by atoms with E-state index in [9.17, 15) is 8.78 Å². The van der Waals surface area contributed by atoms with Crippen LogP contribution in [-0.4, -0.2) is 44.0 Å². The molecule has 0 aromatic heterocycles. The van der Waals surface area contributed by atoms with Gasteiger partial charge in [0.15, 0.2) is 0 Å². The molecule has 0 spiro atoms. The van der Waals surface area contributed by atoms with Gasteiger partial charge in [-0.15, -0.1) is 0 Å². The molecule has 3 nitrogen and oxygen atoms in total. The highest BCUT2D eigenvalue weighted by Crippen LogP contribution is 2.23. The molecule has 1 saturated heterocycles. The molecule has 1 heterocycles. The smallest absolute Gasteiger partial charge is 0.251 e. The van der Waals surface area contributed by atoms with E-state index in [2.05, 4.69) is 4.90 Å². The number of halogens is 2. The molecule has 2 rings (SSSR count). The molecule has 0 unspecified atom stereocenters. The number of benzene rings is 1. The number of piperazine rings is 1. The monoisotopic (exact) mass is 241 g/mol. The predicted molar refractivity (Wildman–Crippen MR) is 65.5 cm³/mol. The molecule has 5 heteroatoms. The van der Waals surface area contributed by atoms with Gasteiger partial charge in [-0.2, -0.15) is 0 Å². The number of para-hydroxylation sites is 2. The van der Waals surface area contributed by atoms with Gasteiger partial charge in [0.1, 0.15) is 0 Å². The fraction of sp³-hybridized carbons (Fsp3) is 0.500. The molecule has 0 amide bonds. The molecule has 2 N–H and O–H groups in total. The SMILES string of the molecule is Nc1ccccc1N1CCN(CC(F)F)CC1. The van der Waals surface area contributed by atoms with E-state index in [-0.39, 0.29) is 6.54 Å². The minimum absolute atomic E-state index is 0.127. The number of nitrogens with zero attached hydrogens (tertiary/aromatic N) is 2. The third-order valence-electron chi connectivity index (χ3n) is 3.05. The Bertz CT molecular complexity index is 363. The lowest BCUT2D eigenvalue weighted by Crippen LogP contribution is -2.47. The second-order valence-electron chi connectivity index (χ2n) is 4.24. The average Bonchev–Trinajstić information content (AvgIpc) is 2.30. The fourth-order valence-corrected chi connectivity index (χ4v) is 2.14. The van der Waals surface area contributed by atoms with Gasteiger partial charge >= 0.3 is 0 Å². The van der Waals surface area contributed by atoms with Crippen LogP contribution in [0.2, 0.25) is 0 Å². The van der Waals surface area contributed by atoms with E-state index in [1.165, 1.54) is 0 Å². The van der Waals surface area contributed by atoms with Crippen molar-refractivity contribution in [3.8, 4) is 0 Å². The summed E-state index contributed by atoms with van der Waals surface area (Å²) >= 11 is 0. The van der Waals surface area contributed by atoms with E-state index in [1.54, 1.807) is 4.90 Å². The van der Waals surface area contributed by atoms with Crippen LogP contribution in [0, 0.1) is 0 Å². The predicted octanol–water partition coefficient (Wildman–Crippen LogP) is 1.66. The zero-order valence-electron chi connectivity index (χ0n) is 9.65. The fourth-order valence-electron chi connectivity index (χ4n) is 2.14. The second kappa shape index (κ2) is 5.31. The number of hydrogen-bond donors (Lipinski definition) is 1. The Labute approximate surface area is 99.8 Å². The molecule has 0 bridgehead atoms. The topological polar surface area (TPSA) is 32.5 Å². The van der Waals surface area contributed by atoms with Crippen molar-refractivity contribution in [1.82, 2.24) is 4.90 Å². The lowest BCUT2D eigenvalue weighted by molar-refractivity contribution is 0.0854. The van der Waals surface area contributed by atoms with E-state index in [0.29, 0.717) is 13.1 Å². The van der Waals surface area contributed by atoms with Crippen molar-refractivity contribution in [2.45, 2.75) is 6.43 Å². The molecule has 1 aliphatic heterocycles. The summed E-state index contributed by atoms with van der Waals surface area (Å²) in [6, 6.07) is 7.67. The normalized spacial score (nSPS) is 17.7. The number of nitrogen functional groups attached to an aromatic ring is 1. The summed E-state index contributed by atoms with van der Waals surface area (Å²) in [5.74, 6) is 0. The van der Waals surface area contributed by atoms with Gasteiger partial charge in [-0.1, -0.05) is 12.1 Å². The van der Waals surface area contributed by atoms with Crippen molar-refractivity contribution in [2.24, 2.45) is 0 Å². The van der Waals surface area contributed by atoms with Gasteiger partial charge in [-0.25, -0.2) is 8.78 Å². The van der Waals surface area contributed by atoms with E-state index in [4.69, 9.17) is 5.73 Å². The highest BCUT2D eigenvalue weighted by atomic mass is 19.3. The van der Waals surface area contributed by atoms with Crippen molar-refractivity contribution < 1.29 is 8.78 Å². The quantitative estimate of drug-likeness (QED) is 0.817. The molecule has 1 fully saturated rings. The van der Waals surface area contributed by atoms with Crippen LogP contribution in [-0.2, 0) is 0 Å². The van der Waals surface area contributed by atoms with Crippen molar-refractivity contribution in [3.63, 3.8) is 0 Å². The first-order valence-electron chi connectivity index (χ1n) is 5.77. The van der Waals surface area contributed by atoms with Gasteiger partial charge < -0.3 is 10.6 Å². The Hall–Kier alpha value is -1.36. The molecule has 0 aliphatic carbocycles. The van der Waals surface area contributed by atoms with E-state index >= 15 is 0 Å². The van der Waals surface area contributed by atoms with Gasteiger partial charge in [-0.05, 0) is 12.1 Å². The summed E-state index contributed by atoms with van der Waals surface area (Å²) in [4.78, 5) is 3.94. The van der Waals surface area contributed by atoms with Crippen molar-refractivity contribution in [2.75, 3.05) is 43.4 Å². The molecule has 94 valence electrons.